The van der Waals surface area contributed by atoms with Crippen LogP contribution in [0, 0.1) is 6.92 Å². The molecule has 1 rings (SSSR count). The molecule has 0 atom stereocenters. The zero-order valence-electron chi connectivity index (χ0n) is 7.53. The van der Waals surface area contributed by atoms with Gasteiger partial charge in [0, 0.05) is 11.8 Å². The third-order valence-corrected chi connectivity index (χ3v) is 1.59. The average Bonchev–Trinajstić information content (AvgIpc) is 1.96. The summed E-state index contributed by atoms with van der Waals surface area (Å²) in [5.74, 6) is 0.641. The van der Waals surface area contributed by atoms with Crippen molar-refractivity contribution in [1.29, 1.82) is 0 Å². The van der Waals surface area contributed by atoms with E-state index < -0.39 is 0 Å². The molecule has 13 heavy (non-hydrogen) atoms. The number of aryl methyl sites for hydroxylation is 1. The van der Waals surface area contributed by atoms with Crippen molar-refractivity contribution in [3.05, 3.63) is 17.7 Å². The molecule has 0 bridgehead atoms. The van der Waals surface area contributed by atoms with E-state index in [9.17, 15) is 0 Å². The Kier molecular flexibility index (Phi) is 6.54. The quantitative estimate of drug-likeness (QED) is 0.718. The molecule has 1 aromatic carbocycles. The van der Waals surface area contributed by atoms with Gasteiger partial charge in [0.1, 0.15) is 5.75 Å². The van der Waals surface area contributed by atoms with Gasteiger partial charge in [0.05, 0.1) is 12.8 Å². The van der Waals surface area contributed by atoms with Crippen molar-refractivity contribution in [2.75, 3.05) is 18.6 Å². The molecule has 4 N–H and O–H groups in total. The molecule has 76 valence electrons. The molecule has 0 aliphatic rings. The lowest BCUT2D eigenvalue weighted by molar-refractivity contribution is 0.417. The first-order valence-electron chi connectivity index (χ1n) is 3.34. The van der Waals surface area contributed by atoms with Crippen LogP contribution in [0.1, 0.15) is 5.56 Å². The monoisotopic (exact) mass is 224 g/mol. The highest BCUT2D eigenvalue weighted by Crippen LogP contribution is 2.27. The first-order chi connectivity index (χ1) is 5.15. The molecular formula is C8H14Cl2N2O. The van der Waals surface area contributed by atoms with Crippen LogP contribution in [0.4, 0.5) is 11.4 Å². The van der Waals surface area contributed by atoms with E-state index in [2.05, 4.69) is 0 Å². The van der Waals surface area contributed by atoms with Crippen LogP contribution < -0.4 is 16.2 Å². The average molecular weight is 225 g/mol. The lowest BCUT2D eigenvalue weighted by Gasteiger charge is -2.07. The van der Waals surface area contributed by atoms with E-state index in [1.165, 1.54) is 0 Å². The number of nitrogens with two attached hydrogens (primary N) is 2. The minimum atomic E-state index is 0. The largest absolute Gasteiger partial charge is 0.495 e. The molecule has 3 nitrogen and oxygen atoms in total. The molecule has 0 unspecified atom stereocenters. The summed E-state index contributed by atoms with van der Waals surface area (Å²) in [4.78, 5) is 0. The highest BCUT2D eigenvalue weighted by molar-refractivity contribution is 5.85. The number of anilines is 2. The van der Waals surface area contributed by atoms with Crippen LogP contribution in [-0.4, -0.2) is 7.11 Å². The van der Waals surface area contributed by atoms with E-state index in [-0.39, 0.29) is 24.8 Å². The minimum Gasteiger partial charge on any atom is -0.495 e. The minimum absolute atomic E-state index is 0. The van der Waals surface area contributed by atoms with Crippen LogP contribution in [0.15, 0.2) is 12.1 Å². The molecule has 0 spiro atoms. The fourth-order valence-corrected chi connectivity index (χ4v) is 0.962. The van der Waals surface area contributed by atoms with Crippen LogP contribution in [0.2, 0.25) is 0 Å². The molecule has 0 saturated carbocycles. The van der Waals surface area contributed by atoms with Crippen molar-refractivity contribution in [1.82, 2.24) is 0 Å². The molecule has 0 aliphatic carbocycles. The van der Waals surface area contributed by atoms with Crippen molar-refractivity contribution in [2.24, 2.45) is 0 Å². The molecule has 0 amide bonds. The lowest BCUT2D eigenvalue weighted by Crippen LogP contribution is -1.97. The molecule has 1 aromatic rings. The Balaban J connectivity index is 0. The maximum Gasteiger partial charge on any atom is 0.144 e. The number of hydrogen-bond acceptors (Lipinski definition) is 3. The second-order valence-corrected chi connectivity index (χ2v) is 2.45. The molecular weight excluding hydrogens is 211 g/mol. The first kappa shape index (κ1) is 14.7. The Hall–Kier alpha value is -0.800. The van der Waals surface area contributed by atoms with E-state index in [0.717, 1.165) is 5.56 Å². The van der Waals surface area contributed by atoms with Crippen LogP contribution in [0.25, 0.3) is 0 Å². The summed E-state index contributed by atoms with van der Waals surface area (Å²) in [5, 5.41) is 0. The summed E-state index contributed by atoms with van der Waals surface area (Å²) in [6.07, 6.45) is 0. The Labute approximate surface area is 90.3 Å². The van der Waals surface area contributed by atoms with Gasteiger partial charge in [0.2, 0.25) is 0 Å². The van der Waals surface area contributed by atoms with Gasteiger partial charge >= 0.3 is 0 Å². The van der Waals surface area contributed by atoms with Gasteiger partial charge in [-0.05, 0) is 18.6 Å². The summed E-state index contributed by atoms with van der Waals surface area (Å²) in [5.41, 5.74) is 13.5. The summed E-state index contributed by atoms with van der Waals surface area (Å²) in [7, 11) is 1.57. The number of benzene rings is 1. The molecule has 0 aliphatic heterocycles. The van der Waals surface area contributed by atoms with Crippen LogP contribution in [-0.2, 0) is 0 Å². The van der Waals surface area contributed by atoms with Gasteiger partial charge in [-0.3, -0.25) is 0 Å². The van der Waals surface area contributed by atoms with Crippen LogP contribution in [0.3, 0.4) is 0 Å². The van der Waals surface area contributed by atoms with Crippen molar-refractivity contribution >= 4 is 36.2 Å². The SMILES string of the molecule is COc1cc(N)cc(C)c1N.Cl.Cl. The standard InChI is InChI=1S/C8H12N2O.2ClH/c1-5-3-6(9)4-7(11-2)8(5)10;;/h3-4H,9-10H2,1-2H3;2*1H. The summed E-state index contributed by atoms with van der Waals surface area (Å²) >= 11 is 0. The molecule has 0 fully saturated rings. The highest BCUT2D eigenvalue weighted by Gasteiger charge is 2.02. The van der Waals surface area contributed by atoms with Crippen molar-refractivity contribution in [3.63, 3.8) is 0 Å². The van der Waals surface area contributed by atoms with Crippen molar-refractivity contribution < 1.29 is 4.74 Å². The van der Waals surface area contributed by atoms with Crippen molar-refractivity contribution in [2.45, 2.75) is 6.92 Å². The van der Waals surface area contributed by atoms with Gasteiger partial charge in [0.15, 0.2) is 0 Å². The van der Waals surface area contributed by atoms with Gasteiger partial charge in [-0.2, -0.15) is 0 Å². The van der Waals surface area contributed by atoms with Crippen molar-refractivity contribution in [3.8, 4) is 5.75 Å². The normalized spacial score (nSPS) is 8.15. The van der Waals surface area contributed by atoms with Crippen LogP contribution in [0.5, 0.6) is 5.75 Å². The number of hydrogen-bond donors (Lipinski definition) is 2. The molecule has 0 saturated heterocycles. The number of halogens is 2. The second kappa shape index (κ2) is 5.78. The number of nitrogen functional groups attached to an aromatic ring is 2. The number of ether oxygens (including phenoxy) is 1. The Bertz CT molecular complexity index is 279. The zero-order valence-corrected chi connectivity index (χ0v) is 9.17. The van der Waals surface area contributed by atoms with Gasteiger partial charge < -0.3 is 16.2 Å². The Morgan fingerprint density at radius 3 is 2.15 bits per heavy atom. The summed E-state index contributed by atoms with van der Waals surface area (Å²) in [6.45, 7) is 1.90. The number of methoxy groups -OCH3 is 1. The summed E-state index contributed by atoms with van der Waals surface area (Å²) in [6, 6.07) is 3.53. The Morgan fingerprint density at radius 1 is 1.15 bits per heavy atom. The topological polar surface area (TPSA) is 61.3 Å². The molecule has 5 heteroatoms. The van der Waals surface area contributed by atoms with E-state index in [1.807, 2.05) is 13.0 Å². The first-order valence-corrected chi connectivity index (χ1v) is 3.34. The van der Waals surface area contributed by atoms with Gasteiger partial charge in [-0.25, -0.2) is 0 Å². The summed E-state index contributed by atoms with van der Waals surface area (Å²) < 4.78 is 5.00. The molecule has 0 heterocycles. The van der Waals surface area contributed by atoms with Gasteiger partial charge in [-0.1, -0.05) is 0 Å². The highest BCUT2D eigenvalue weighted by atomic mass is 35.5. The smallest absolute Gasteiger partial charge is 0.144 e. The second-order valence-electron chi connectivity index (χ2n) is 2.45. The number of rotatable bonds is 1. The predicted octanol–water partition coefficient (Wildman–Crippen LogP) is 2.01. The van der Waals surface area contributed by atoms with E-state index in [0.29, 0.717) is 17.1 Å². The maximum absolute atomic E-state index is 5.68. The lowest BCUT2D eigenvalue weighted by atomic mass is 10.1. The van der Waals surface area contributed by atoms with E-state index in [4.69, 9.17) is 16.2 Å². The maximum atomic E-state index is 5.68. The molecule has 0 aromatic heterocycles. The third-order valence-electron chi connectivity index (χ3n) is 1.59. The third kappa shape index (κ3) is 3.20. The fraction of sp³-hybridized carbons (Fsp3) is 0.250. The van der Waals surface area contributed by atoms with Crippen LogP contribution >= 0.6 is 24.8 Å². The predicted molar refractivity (Wildman–Crippen MR) is 61.1 cm³/mol. The van der Waals surface area contributed by atoms with Gasteiger partial charge in [0.25, 0.3) is 0 Å². The Morgan fingerprint density at radius 2 is 1.69 bits per heavy atom. The van der Waals surface area contributed by atoms with Gasteiger partial charge in [-0.15, -0.1) is 24.8 Å². The zero-order chi connectivity index (χ0) is 8.43. The van der Waals surface area contributed by atoms with E-state index in [1.54, 1.807) is 13.2 Å². The van der Waals surface area contributed by atoms with E-state index >= 15 is 0 Å². The fourth-order valence-electron chi connectivity index (χ4n) is 0.962. The molecule has 0 radical (unpaired) electrons.